The smallest absolute Gasteiger partial charge is 0.316 e. The molecule has 84 valence electrons. The van der Waals surface area contributed by atoms with Crippen molar-refractivity contribution in [2.75, 3.05) is 13.1 Å². The average Bonchev–Trinajstić information content (AvgIpc) is 1.78. The van der Waals surface area contributed by atoms with E-state index in [1.807, 2.05) is 0 Å². The Morgan fingerprint density at radius 3 is 1.50 bits per heavy atom. The maximum Gasteiger partial charge on any atom is 0.459 e. The van der Waals surface area contributed by atoms with Gasteiger partial charge in [0.25, 0.3) is 0 Å². The summed E-state index contributed by atoms with van der Waals surface area (Å²) < 4.78 is 84.6. The molecular weight excluding hydrogens is 219 g/mol. The molecule has 14 heavy (non-hydrogen) atoms. The predicted molar refractivity (Wildman–Crippen MR) is 32.3 cm³/mol. The molecule has 1 nitrogen and oxygen atoms in total. The van der Waals surface area contributed by atoms with Gasteiger partial charge in [0, 0.05) is 13.1 Å². The molecule has 0 radical (unpaired) electrons. The van der Waals surface area contributed by atoms with E-state index in [-0.39, 0.29) is 0 Å². The third kappa shape index (κ3) is 1.45. The first kappa shape index (κ1) is 11.5. The van der Waals surface area contributed by atoms with Gasteiger partial charge in [0.05, 0.1) is 5.92 Å². The lowest BCUT2D eigenvalue weighted by Crippen LogP contribution is -2.63. The van der Waals surface area contributed by atoms with Crippen LogP contribution in [-0.2, 0) is 0 Å². The molecule has 8 heteroatoms. The second-order valence-corrected chi connectivity index (χ2v) is 3.05. The molecule has 0 aliphatic carbocycles. The van der Waals surface area contributed by atoms with Gasteiger partial charge < -0.3 is 5.32 Å². The molecular formula is C6H6F7N. The SMILES string of the molecule is FC(F)(F)C(F)(F)C(F)(F)C1CNC1. The summed E-state index contributed by atoms with van der Waals surface area (Å²) in [4.78, 5) is 0. The highest BCUT2D eigenvalue weighted by atomic mass is 19.4. The fourth-order valence-corrected chi connectivity index (χ4v) is 0.990. The maximum absolute atomic E-state index is 12.6. The lowest BCUT2D eigenvalue weighted by Gasteiger charge is -2.38. The second kappa shape index (κ2) is 2.98. The molecule has 1 aliphatic rings. The van der Waals surface area contributed by atoms with Gasteiger partial charge in [-0.1, -0.05) is 0 Å². The van der Waals surface area contributed by atoms with Gasteiger partial charge in [-0.3, -0.25) is 0 Å². The number of hydrogen-bond acceptors (Lipinski definition) is 1. The summed E-state index contributed by atoms with van der Waals surface area (Å²) in [6.45, 7) is -1.06. The summed E-state index contributed by atoms with van der Waals surface area (Å²) in [6.07, 6.45) is -6.22. The molecule has 0 aromatic rings. The Labute approximate surface area is 74.3 Å². The predicted octanol–water partition coefficient (Wildman–Crippen LogP) is 2.04. The fraction of sp³-hybridized carbons (Fsp3) is 1.00. The Bertz CT molecular complexity index is 217. The van der Waals surface area contributed by atoms with Gasteiger partial charge in [-0.2, -0.15) is 30.7 Å². The molecule has 1 rings (SSSR count). The number of alkyl halides is 7. The molecule has 0 bridgehead atoms. The van der Waals surface area contributed by atoms with Gasteiger partial charge in [-0.25, -0.2) is 0 Å². The highest BCUT2D eigenvalue weighted by Crippen LogP contribution is 2.50. The number of hydrogen-bond donors (Lipinski definition) is 1. The molecule has 0 spiro atoms. The van der Waals surface area contributed by atoms with Crippen LogP contribution in [0.15, 0.2) is 0 Å². The van der Waals surface area contributed by atoms with Crippen LogP contribution in [0.3, 0.4) is 0 Å². The minimum absolute atomic E-state index is 0.529. The zero-order valence-corrected chi connectivity index (χ0v) is 6.64. The topological polar surface area (TPSA) is 12.0 Å². The number of halogens is 7. The van der Waals surface area contributed by atoms with E-state index in [1.165, 1.54) is 0 Å². The van der Waals surface area contributed by atoms with Crippen LogP contribution in [0.5, 0.6) is 0 Å². The molecule has 0 aromatic heterocycles. The van der Waals surface area contributed by atoms with Gasteiger partial charge in [-0.05, 0) is 0 Å². The molecule has 0 aromatic carbocycles. The van der Waals surface area contributed by atoms with E-state index in [0.717, 1.165) is 0 Å². The standard InChI is InChI=1S/C6H6F7N/c7-4(8,3-1-14-2-3)5(9,10)6(11,12)13/h3,14H,1-2H2. The van der Waals surface area contributed by atoms with Crippen molar-refractivity contribution in [3.05, 3.63) is 0 Å². The summed E-state index contributed by atoms with van der Waals surface area (Å²) in [6, 6.07) is 0. The highest BCUT2D eigenvalue weighted by molar-refractivity contribution is 4.99. The van der Waals surface area contributed by atoms with Gasteiger partial charge in [-0.15, -0.1) is 0 Å². The summed E-state index contributed by atoms with van der Waals surface area (Å²) in [7, 11) is 0. The van der Waals surface area contributed by atoms with Crippen molar-refractivity contribution in [2.45, 2.75) is 18.0 Å². The second-order valence-electron chi connectivity index (χ2n) is 3.05. The van der Waals surface area contributed by atoms with Crippen LogP contribution < -0.4 is 5.32 Å². The monoisotopic (exact) mass is 225 g/mol. The molecule has 0 atom stereocenters. The third-order valence-electron chi connectivity index (χ3n) is 2.07. The Hall–Kier alpha value is -0.530. The molecule has 1 N–H and O–H groups in total. The van der Waals surface area contributed by atoms with E-state index >= 15 is 0 Å². The van der Waals surface area contributed by atoms with Crippen molar-refractivity contribution >= 4 is 0 Å². The lowest BCUT2D eigenvalue weighted by atomic mass is 9.90. The molecule has 1 heterocycles. The zero-order chi connectivity index (χ0) is 11.2. The quantitative estimate of drug-likeness (QED) is 0.709. The molecule has 1 fully saturated rings. The van der Waals surface area contributed by atoms with Crippen molar-refractivity contribution in [1.29, 1.82) is 0 Å². The van der Waals surface area contributed by atoms with Crippen molar-refractivity contribution < 1.29 is 30.7 Å². The molecule has 1 saturated heterocycles. The minimum Gasteiger partial charge on any atom is -0.316 e. The van der Waals surface area contributed by atoms with Crippen LogP contribution in [0.1, 0.15) is 0 Å². The number of rotatable bonds is 2. The Morgan fingerprint density at radius 2 is 1.29 bits per heavy atom. The van der Waals surface area contributed by atoms with Crippen LogP contribution in [0.25, 0.3) is 0 Å². The molecule has 0 amide bonds. The maximum atomic E-state index is 12.6. The lowest BCUT2D eigenvalue weighted by molar-refractivity contribution is -0.368. The van der Waals surface area contributed by atoms with Gasteiger partial charge in [0.15, 0.2) is 0 Å². The summed E-state index contributed by atoms with van der Waals surface area (Å²) >= 11 is 0. The largest absolute Gasteiger partial charge is 0.459 e. The molecule has 1 aliphatic heterocycles. The van der Waals surface area contributed by atoms with Crippen LogP contribution in [0.4, 0.5) is 30.7 Å². The van der Waals surface area contributed by atoms with Crippen LogP contribution in [0.2, 0.25) is 0 Å². The van der Waals surface area contributed by atoms with E-state index in [2.05, 4.69) is 5.32 Å². The first-order valence-electron chi connectivity index (χ1n) is 3.64. The van der Waals surface area contributed by atoms with Gasteiger partial charge in [0.2, 0.25) is 0 Å². The van der Waals surface area contributed by atoms with Crippen molar-refractivity contribution in [3.63, 3.8) is 0 Å². The third-order valence-corrected chi connectivity index (χ3v) is 2.07. The first-order chi connectivity index (χ1) is 6.11. The highest BCUT2D eigenvalue weighted by Gasteiger charge is 2.75. The average molecular weight is 225 g/mol. The first-order valence-corrected chi connectivity index (χ1v) is 3.64. The van der Waals surface area contributed by atoms with Crippen molar-refractivity contribution in [2.24, 2.45) is 5.92 Å². The van der Waals surface area contributed by atoms with Crippen LogP contribution in [0, 0.1) is 5.92 Å². The van der Waals surface area contributed by atoms with Crippen LogP contribution in [-0.4, -0.2) is 31.1 Å². The van der Waals surface area contributed by atoms with Gasteiger partial charge >= 0.3 is 18.0 Å². The van der Waals surface area contributed by atoms with Gasteiger partial charge in [0.1, 0.15) is 0 Å². The minimum atomic E-state index is -6.22. The zero-order valence-electron chi connectivity index (χ0n) is 6.64. The summed E-state index contributed by atoms with van der Waals surface area (Å²) in [5.74, 6) is -13.0. The van der Waals surface area contributed by atoms with E-state index in [0.29, 0.717) is 0 Å². The summed E-state index contributed by atoms with van der Waals surface area (Å²) in [5.41, 5.74) is 0. The molecule has 0 saturated carbocycles. The Balaban J connectivity index is 2.89. The molecule has 0 unspecified atom stereocenters. The van der Waals surface area contributed by atoms with Crippen molar-refractivity contribution in [1.82, 2.24) is 5.32 Å². The Morgan fingerprint density at radius 1 is 0.857 bits per heavy atom. The summed E-state index contributed by atoms with van der Waals surface area (Å²) in [5, 5.41) is 2.21. The normalized spacial score (nSPS) is 20.8. The van der Waals surface area contributed by atoms with E-state index in [1.54, 1.807) is 0 Å². The van der Waals surface area contributed by atoms with Crippen molar-refractivity contribution in [3.8, 4) is 0 Å². The fourth-order valence-electron chi connectivity index (χ4n) is 0.990. The van der Waals surface area contributed by atoms with E-state index in [4.69, 9.17) is 0 Å². The number of nitrogens with one attached hydrogen (secondary N) is 1. The van der Waals surface area contributed by atoms with E-state index in [9.17, 15) is 30.7 Å². The Kier molecular flexibility index (Phi) is 2.46. The van der Waals surface area contributed by atoms with E-state index < -0.39 is 37.0 Å². The van der Waals surface area contributed by atoms with Crippen LogP contribution >= 0.6 is 0 Å².